The van der Waals surface area contributed by atoms with Gasteiger partial charge in [0.25, 0.3) is 0 Å². The number of rotatable bonds is 6. The summed E-state index contributed by atoms with van der Waals surface area (Å²) in [6.07, 6.45) is 2.69. The summed E-state index contributed by atoms with van der Waals surface area (Å²) >= 11 is 0. The van der Waals surface area contributed by atoms with Gasteiger partial charge >= 0.3 is 0 Å². The van der Waals surface area contributed by atoms with Crippen LogP contribution >= 0.6 is 0 Å². The molecule has 88 valence electrons. The molecular formula is C12H24N2O. The van der Waals surface area contributed by atoms with Crippen LogP contribution in [0.15, 0.2) is 0 Å². The van der Waals surface area contributed by atoms with E-state index in [0.717, 1.165) is 12.5 Å². The van der Waals surface area contributed by atoms with E-state index in [1.54, 1.807) is 0 Å². The molecule has 1 amide bonds. The number of nitrogens with one attached hydrogen (secondary N) is 2. The summed E-state index contributed by atoms with van der Waals surface area (Å²) in [5.41, 5.74) is -0.306. The standard InChI is InChI=1S/C12H24N2O/c1-5-13-11(15)12(3,4)8-14-9(2)10-6-7-10/h9-10,14H,5-8H2,1-4H3,(H,13,15). The molecule has 1 saturated carbocycles. The monoisotopic (exact) mass is 212 g/mol. The van der Waals surface area contributed by atoms with Gasteiger partial charge in [-0.25, -0.2) is 0 Å². The summed E-state index contributed by atoms with van der Waals surface area (Å²) in [5, 5.41) is 6.34. The first-order chi connectivity index (χ1) is 6.97. The Labute approximate surface area is 93.0 Å². The molecule has 0 aliphatic heterocycles. The number of carbonyl (C=O) groups excluding carboxylic acids is 1. The van der Waals surface area contributed by atoms with Crippen molar-refractivity contribution in [3.05, 3.63) is 0 Å². The van der Waals surface area contributed by atoms with Gasteiger partial charge in [-0.1, -0.05) is 0 Å². The minimum absolute atomic E-state index is 0.139. The first-order valence-corrected chi connectivity index (χ1v) is 5.99. The van der Waals surface area contributed by atoms with Crippen molar-refractivity contribution < 1.29 is 4.79 Å². The van der Waals surface area contributed by atoms with Crippen LogP contribution < -0.4 is 10.6 Å². The smallest absolute Gasteiger partial charge is 0.226 e. The lowest BCUT2D eigenvalue weighted by Gasteiger charge is -2.26. The summed E-state index contributed by atoms with van der Waals surface area (Å²) in [4.78, 5) is 11.7. The van der Waals surface area contributed by atoms with Crippen molar-refractivity contribution in [3.63, 3.8) is 0 Å². The van der Waals surface area contributed by atoms with Crippen LogP contribution in [-0.2, 0) is 4.79 Å². The first-order valence-electron chi connectivity index (χ1n) is 5.99. The van der Waals surface area contributed by atoms with E-state index < -0.39 is 0 Å². The fraction of sp³-hybridized carbons (Fsp3) is 0.917. The van der Waals surface area contributed by atoms with E-state index in [0.29, 0.717) is 12.6 Å². The highest BCUT2D eigenvalue weighted by Crippen LogP contribution is 2.32. The van der Waals surface area contributed by atoms with Gasteiger partial charge < -0.3 is 10.6 Å². The Morgan fingerprint density at radius 2 is 2.07 bits per heavy atom. The van der Waals surface area contributed by atoms with E-state index in [9.17, 15) is 4.79 Å². The van der Waals surface area contributed by atoms with Gasteiger partial charge in [0.2, 0.25) is 5.91 Å². The van der Waals surface area contributed by atoms with E-state index >= 15 is 0 Å². The van der Waals surface area contributed by atoms with Gasteiger partial charge in [0.05, 0.1) is 5.41 Å². The molecule has 3 heteroatoms. The van der Waals surface area contributed by atoms with Crippen LogP contribution in [0, 0.1) is 11.3 Å². The number of carbonyl (C=O) groups is 1. The van der Waals surface area contributed by atoms with Gasteiger partial charge in [-0.3, -0.25) is 4.79 Å². The second-order valence-electron chi connectivity index (χ2n) is 5.25. The lowest BCUT2D eigenvalue weighted by Crippen LogP contribution is -2.45. The quantitative estimate of drug-likeness (QED) is 0.701. The maximum atomic E-state index is 11.7. The second-order valence-corrected chi connectivity index (χ2v) is 5.25. The van der Waals surface area contributed by atoms with Gasteiger partial charge in [-0.2, -0.15) is 0 Å². The third-order valence-electron chi connectivity index (χ3n) is 3.15. The van der Waals surface area contributed by atoms with E-state index in [1.165, 1.54) is 12.8 Å². The van der Waals surface area contributed by atoms with Gasteiger partial charge in [0.1, 0.15) is 0 Å². The maximum absolute atomic E-state index is 11.7. The molecule has 1 aliphatic carbocycles. The van der Waals surface area contributed by atoms with Gasteiger partial charge in [0, 0.05) is 19.1 Å². The zero-order valence-electron chi connectivity index (χ0n) is 10.4. The highest BCUT2D eigenvalue weighted by atomic mass is 16.2. The Balaban J connectivity index is 2.30. The fourth-order valence-corrected chi connectivity index (χ4v) is 1.66. The number of hydrogen-bond acceptors (Lipinski definition) is 2. The van der Waals surface area contributed by atoms with Crippen LogP contribution in [0.25, 0.3) is 0 Å². The third-order valence-corrected chi connectivity index (χ3v) is 3.15. The van der Waals surface area contributed by atoms with E-state index in [1.807, 2.05) is 20.8 Å². The lowest BCUT2D eigenvalue weighted by atomic mass is 9.91. The molecule has 15 heavy (non-hydrogen) atoms. The molecule has 0 aromatic carbocycles. The molecule has 0 saturated heterocycles. The van der Waals surface area contributed by atoms with Crippen LogP contribution in [0.1, 0.15) is 40.5 Å². The molecule has 1 unspecified atom stereocenters. The highest BCUT2D eigenvalue weighted by molar-refractivity contribution is 5.81. The molecule has 1 fully saturated rings. The van der Waals surface area contributed by atoms with Crippen molar-refractivity contribution in [1.82, 2.24) is 10.6 Å². The summed E-state index contributed by atoms with van der Waals surface area (Å²) in [5.74, 6) is 0.982. The average Bonchev–Trinajstić information content (AvgIpc) is 2.98. The van der Waals surface area contributed by atoms with Crippen molar-refractivity contribution in [1.29, 1.82) is 0 Å². The Kier molecular flexibility index (Phi) is 4.14. The molecule has 0 spiro atoms. The predicted molar refractivity (Wildman–Crippen MR) is 62.7 cm³/mol. The predicted octanol–water partition coefficient (Wildman–Crippen LogP) is 1.54. The highest BCUT2D eigenvalue weighted by Gasteiger charge is 2.31. The molecule has 0 aromatic heterocycles. The number of amides is 1. The van der Waals surface area contributed by atoms with Crippen molar-refractivity contribution >= 4 is 5.91 Å². The van der Waals surface area contributed by atoms with Crippen molar-refractivity contribution in [2.75, 3.05) is 13.1 Å². The van der Waals surface area contributed by atoms with E-state index in [4.69, 9.17) is 0 Å². The van der Waals surface area contributed by atoms with Gasteiger partial charge in [-0.05, 0) is 46.5 Å². The molecule has 3 nitrogen and oxygen atoms in total. The van der Waals surface area contributed by atoms with Crippen LogP contribution in [0.3, 0.4) is 0 Å². The number of hydrogen-bond donors (Lipinski definition) is 2. The Hall–Kier alpha value is -0.570. The second kappa shape index (κ2) is 4.97. The minimum Gasteiger partial charge on any atom is -0.356 e. The molecule has 0 radical (unpaired) electrons. The van der Waals surface area contributed by atoms with Crippen LogP contribution in [-0.4, -0.2) is 25.0 Å². The SMILES string of the molecule is CCNC(=O)C(C)(C)CNC(C)C1CC1. The summed E-state index contributed by atoms with van der Waals surface area (Å²) in [7, 11) is 0. The summed E-state index contributed by atoms with van der Waals surface area (Å²) < 4.78 is 0. The Bertz CT molecular complexity index is 222. The van der Waals surface area contributed by atoms with Crippen molar-refractivity contribution in [3.8, 4) is 0 Å². The van der Waals surface area contributed by atoms with Crippen molar-refractivity contribution in [2.45, 2.75) is 46.6 Å². The molecule has 1 aliphatic rings. The fourth-order valence-electron chi connectivity index (χ4n) is 1.66. The Morgan fingerprint density at radius 3 is 2.53 bits per heavy atom. The molecule has 1 atom stereocenters. The normalized spacial score (nSPS) is 18.7. The van der Waals surface area contributed by atoms with Gasteiger partial charge in [0.15, 0.2) is 0 Å². The molecule has 0 heterocycles. The van der Waals surface area contributed by atoms with Crippen LogP contribution in [0.5, 0.6) is 0 Å². The summed E-state index contributed by atoms with van der Waals surface area (Å²) in [6.45, 7) is 9.62. The first kappa shape index (κ1) is 12.5. The third kappa shape index (κ3) is 3.82. The lowest BCUT2D eigenvalue weighted by molar-refractivity contribution is -0.129. The van der Waals surface area contributed by atoms with Crippen molar-refractivity contribution in [2.24, 2.45) is 11.3 Å². The largest absolute Gasteiger partial charge is 0.356 e. The van der Waals surface area contributed by atoms with E-state index in [-0.39, 0.29) is 11.3 Å². The maximum Gasteiger partial charge on any atom is 0.226 e. The summed E-state index contributed by atoms with van der Waals surface area (Å²) in [6, 6.07) is 0.554. The molecule has 1 rings (SSSR count). The van der Waals surface area contributed by atoms with E-state index in [2.05, 4.69) is 17.6 Å². The average molecular weight is 212 g/mol. The topological polar surface area (TPSA) is 41.1 Å². The minimum atomic E-state index is -0.306. The van der Waals surface area contributed by atoms with Crippen LogP contribution in [0.2, 0.25) is 0 Å². The molecule has 0 aromatic rings. The zero-order valence-corrected chi connectivity index (χ0v) is 10.4. The van der Waals surface area contributed by atoms with Crippen LogP contribution in [0.4, 0.5) is 0 Å². The molecule has 2 N–H and O–H groups in total. The zero-order chi connectivity index (χ0) is 11.5. The molecular weight excluding hydrogens is 188 g/mol. The van der Waals surface area contributed by atoms with Gasteiger partial charge in [-0.15, -0.1) is 0 Å². The molecule has 0 bridgehead atoms. The Morgan fingerprint density at radius 1 is 1.47 bits per heavy atom.